The molecule has 0 bridgehead atoms. The maximum Gasteiger partial charge on any atom is 0.303 e. The standard InChI is InChI=1S/C6H10O4.2C4H10O2.C2H4O2/c7-5(8)3-1-2-4-6(9)10;1-4(6)2-3-5;5-3-1-2-4-6;1-2(3)4/h1-4H2,(H,7,8)(H,9,10);4-6H,2-3H2,1H3;5-6H,1-4H2;1H3,(H,3,4). The number of hydrogen-bond donors (Lipinski definition) is 7. The van der Waals surface area contributed by atoms with Crippen molar-refractivity contribution < 1.29 is 50.1 Å². The molecular weight excluding hydrogens is 352 g/mol. The van der Waals surface area contributed by atoms with Gasteiger partial charge in [-0.15, -0.1) is 0 Å². The van der Waals surface area contributed by atoms with Crippen molar-refractivity contribution in [2.75, 3.05) is 19.8 Å². The molecule has 158 valence electrons. The van der Waals surface area contributed by atoms with Gasteiger partial charge in [-0.05, 0) is 39.0 Å². The molecule has 0 saturated heterocycles. The average molecular weight is 386 g/mol. The van der Waals surface area contributed by atoms with Crippen molar-refractivity contribution in [1.29, 1.82) is 0 Å². The van der Waals surface area contributed by atoms with E-state index < -0.39 is 17.9 Å². The van der Waals surface area contributed by atoms with Crippen molar-refractivity contribution in [3.05, 3.63) is 0 Å². The maximum absolute atomic E-state index is 9.90. The van der Waals surface area contributed by atoms with Crippen LogP contribution in [0, 0.1) is 0 Å². The summed E-state index contributed by atoms with van der Waals surface area (Å²) in [6.07, 6.45) is 2.59. The molecule has 26 heavy (non-hydrogen) atoms. The number of hydrogen-bond acceptors (Lipinski definition) is 7. The largest absolute Gasteiger partial charge is 0.481 e. The number of aliphatic hydroxyl groups excluding tert-OH is 4. The summed E-state index contributed by atoms with van der Waals surface area (Å²) in [6, 6.07) is 0. The van der Waals surface area contributed by atoms with Crippen LogP contribution in [0.4, 0.5) is 0 Å². The zero-order valence-electron chi connectivity index (χ0n) is 15.5. The first-order valence-electron chi connectivity index (χ1n) is 8.18. The second kappa shape index (κ2) is 28.1. The molecule has 10 heteroatoms. The normalized spacial score (nSPS) is 9.92. The number of carbonyl (C=O) groups is 3. The van der Waals surface area contributed by atoms with Gasteiger partial charge < -0.3 is 35.7 Å². The van der Waals surface area contributed by atoms with Gasteiger partial charge in [-0.25, -0.2) is 0 Å². The Kier molecular flexibility index (Phi) is 34.5. The van der Waals surface area contributed by atoms with Gasteiger partial charge in [0.05, 0.1) is 6.10 Å². The molecule has 0 aliphatic carbocycles. The van der Waals surface area contributed by atoms with Gasteiger partial charge in [0.25, 0.3) is 5.97 Å². The van der Waals surface area contributed by atoms with Gasteiger partial charge in [-0.1, -0.05) is 0 Å². The molecule has 0 amide bonds. The van der Waals surface area contributed by atoms with Crippen LogP contribution in [0.5, 0.6) is 0 Å². The highest BCUT2D eigenvalue weighted by Crippen LogP contribution is 1.98. The minimum Gasteiger partial charge on any atom is -0.481 e. The van der Waals surface area contributed by atoms with E-state index in [1.54, 1.807) is 6.92 Å². The van der Waals surface area contributed by atoms with Crippen molar-refractivity contribution in [2.45, 2.75) is 64.9 Å². The molecule has 0 aromatic rings. The molecule has 0 radical (unpaired) electrons. The lowest BCUT2D eigenvalue weighted by molar-refractivity contribution is -0.139. The number of carboxylic acid groups (broad SMARTS) is 3. The van der Waals surface area contributed by atoms with Crippen LogP contribution in [0.1, 0.15) is 58.8 Å². The zero-order valence-corrected chi connectivity index (χ0v) is 15.5. The topological polar surface area (TPSA) is 193 Å². The number of unbranched alkanes of at least 4 members (excludes halogenated alkanes) is 2. The van der Waals surface area contributed by atoms with E-state index in [0.717, 1.165) is 19.8 Å². The van der Waals surface area contributed by atoms with Crippen molar-refractivity contribution in [1.82, 2.24) is 0 Å². The third-order valence-electron chi connectivity index (χ3n) is 2.14. The molecule has 0 saturated carbocycles. The van der Waals surface area contributed by atoms with Crippen LogP contribution < -0.4 is 0 Å². The van der Waals surface area contributed by atoms with E-state index in [1.165, 1.54) is 0 Å². The molecule has 7 N–H and O–H groups in total. The Balaban J connectivity index is -0.000000132. The summed E-state index contributed by atoms with van der Waals surface area (Å²) >= 11 is 0. The summed E-state index contributed by atoms with van der Waals surface area (Å²) < 4.78 is 0. The van der Waals surface area contributed by atoms with E-state index in [4.69, 9.17) is 40.5 Å². The lowest BCUT2D eigenvalue weighted by atomic mass is 10.2. The Labute approximate surface area is 153 Å². The van der Waals surface area contributed by atoms with E-state index in [1.807, 2.05) is 0 Å². The van der Waals surface area contributed by atoms with Crippen LogP contribution in [0.3, 0.4) is 0 Å². The number of aliphatic carboxylic acids is 3. The minimum absolute atomic E-state index is 0.0628. The number of carboxylic acids is 3. The second-order valence-corrected chi connectivity index (χ2v) is 5.03. The fraction of sp³-hybridized carbons (Fsp3) is 0.812. The first-order chi connectivity index (χ1) is 12.0. The van der Waals surface area contributed by atoms with Crippen LogP contribution in [0.2, 0.25) is 0 Å². The molecule has 1 atom stereocenters. The first kappa shape index (κ1) is 32.0. The summed E-state index contributed by atoms with van der Waals surface area (Å²) in [5.41, 5.74) is 0. The fourth-order valence-electron chi connectivity index (χ4n) is 0.963. The highest BCUT2D eigenvalue weighted by atomic mass is 16.4. The van der Waals surface area contributed by atoms with Gasteiger partial charge in [0.1, 0.15) is 0 Å². The highest BCUT2D eigenvalue weighted by molar-refractivity contribution is 5.67. The molecule has 0 aromatic heterocycles. The lowest BCUT2D eigenvalue weighted by Gasteiger charge is -1.95. The molecular formula is C16H34O10. The Morgan fingerprint density at radius 1 is 0.731 bits per heavy atom. The van der Waals surface area contributed by atoms with Crippen LogP contribution in [0.25, 0.3) is 0 Å². The lowest BCUT2D eigenvalue weighted by Crippen LogP contribution is -2.00. The maximum atomic E-state index is 9.90. The molecule has 0 aliphatic heterocycles. The van der Waals surface area contributed by atoms with Gasteiger partial charge in [0, 0.05) is 39.6 Å². The summed E-state index contributed by atoms with van der Waals surface area (Å²) in [5, 5.41) is 56.3. The highest BCUT2D eigenvalue weighted by Gasteiger charge is 1.99. The molecule has 0 heterocycles. The van der Waals surface area contributed by atoms with Crippen LogP contribution >= 0.6 is 0 Å². The smallest absolute Gasteiger partial charge is 0.303 e. The van der Waals surface area contributed by atoms with Crippen molar-refractivity contribution in [3.8, 4) is 0 Å². The Morgan fingerprint density at radius 2 is 1.04 bits per heavy atom. The quantitative estimate of drug-likeness (QED) is 0.257. The van der Waals surface area contributed by atoms with Gasteiger partial charge in [0.15, 0.2) is 0 Å². The summed E-state index contributed by atoms with van der Waals surface area (Å²) in [4.78, 5) is 28.8. The monoisotopic (exact) mass is 386 g/mol. The van der Waals surface area contributed by atoms with Gasteiger partial charge in [-0.3, -0.25) is 14.4 Å². The van der Waals surface area contributed by atoms with Crippen molar-refractivity contribution >= 4 is 17.9 Å². The molecule has 0 spiro atoms. The SMILES string of the molecule is CC(=O)O.CC(O)CCO.O=C(O)CCCCC(=O)O.OCCCCO. The average Bonchev–Trinajstić information content (AvgIpc) is 2.50. The van der Waals surface area contributed by atoms with E-state index in [-0.39, 0.29) is 38.8 Å². The van der Waals surface area contributed by atoms with Crippen molar-refractivity contribution in [2.24, 2.45) is 0 Å². The zero-order chi connectivity index (χ0) is 21.4. The number of rotatable bonds is 10. The van der Waals surface area contributed by atoms with Gasteiger partial charge >= 0.3 is 11.9 Å². The van der Waals surface area contributed by atoms with Crippen LogP contribution in [0.15, 0.2) is 0 Å². The molecule has 0 rings (SSSR count). The van der Waals surface area contributed by atoms with Crippen LogP contribution in [-0.2, 0) is 14.4 Å². The summed E-state index contributed by atoms with van der Waals surface area (Å²) in [7, 11) is 0. The third-order valence-corrected chi connectivity index (χ3v) is 2.14. The van der Waals surface area contributed by atoms with E-state index >= 15 is 0 Å². The summed E-state index contributed by atoms with van der Waals surface area (Å²) in [5.74, 6) is -2.57. The number of aliphatic hydroxyl groups is 4. The molecule has 0 aliphatic rings. The molecule has 10 nitrogen and oxygen atoms in total. The Bertz CT molecular complexity index is 294. The van der Waals surface area contributed by atoms with E-state index in [0.29, 0.717) is 19.3 Å². The summed E-state index contributed by atoms with van der Waals surface area (Å²) in [6.45, 7) is 3.20. The van der Waals surface area contributed by atoms with E-state index in [9.17, 15) is 9.59 Å². The Hall–Kier alpha value is -1.75. The van der Waals surface area contributed by atoms with E-state index in [2.05, 4.69) is 0 Å². The second-order valence-electron chi connectivity index (χ2n) is 5.03. The third kappa shape index (κ3) is 79.4. The first-order valence-corrected chi connectivity index (χ1v) is 8.18. The van der Waals surface area contributed by atoms with Crippen molar-refractivity contribution in [3.63, 3.8) is 0 Å². The predicted molar refractivity (Wildman–Crippen MR) is 93.8 cm³/mol. The van der Waals surface area contributed by atoms with Gasteiger partial charge in [-0.2, -0.15) is 0 Å². The molecule has 0 aromatic carbocycles. The van der Waals surface area contributed by atoms with Gasteiger partial charge in [0.2, 0.25) is 0 Å². The molecule has 0 fully saturated rings. The molecule has 1 unspecified atom stereocenters. The fourth-order valence-corrected chi connectivity index (χ4v) is 0.963. The minimum atomic E-state index is -0.870. The van der Waals surface area contributed by atoms with Crippen LogP contribution in [-0.4, -0.2) is 79.6 Å². The Morgan fingerprint density at radius 3 is 1.15 bits per heavy atom. The predicted octanol–water partition coefficient (Wildman–Crippen LogP) is 0.308.